The van der Waals surface area contributed by atoms with Crippen LogP contribution in [0.2, 0.25) is 0 Å². The number of halogens is 2. The molecule has 1 amide bonds. The highest BCUT2D eigenvalue weighted by Crippen LogP contribution is 2.18. The standard InChI is InChI=1S/C22H20F2N2O/c1-15-13-16(7-12-20(15)24)14-25-21(17-5-3-2-4-6-17)22(27)26-19-10-8-18(23)9-11-19/h2-13,21,25H,14H2,1H3,(H,26,27). The normalized spacial score (nSPS) is 11.8. The van der Waals surface area contributed by atoms with Crippen LogP contribution in [0.5, 0.6) is 0 Å². The Labute approximate surface area is 157 Å². The minimum Gasteiger partial charge on any atom is -0.324 e. The van der Waals surface area contributed by atoms with Crippen molar-refractivity contribution in [3.63, 3.8) is 0 Å². The van der Waals surface area contributed by atoms with Crippen LogP contribution in [0.25, 0.3) is 0 Å². The Morgan fingerprint density at radius 3 is 2.33 bits per heavy atom. The summed E-state index contributed by atoms with van der Waals surface area (Å²) in [6.45, 7) is 2.10. The van der Waals surface area contributed by atoms with E-state index in [1.807, 2.05) is 30.3 Å². The van der Waals surface area contributed by atoms with Gasteiger partial charge in [0.2, 0.25) is 5.91 Å². The minimum absolute atomic E-state index is 0.257. The van der Waals surface area contributed by atoms with Gasteiger partial charge in [-0.25, -0.2) is 8.78 Å². The van der Waals surface area contributed by atoms with Crippen molar-refractivity contribution in [2.45, 2.75) is 19.5 Å². The van der Waals surface area contributed by atoms with E-state index in [0.29, 0.717) is 17.8 Å². The first-order chi connectivity index (χ1) is 13.0. The summed E-state index contributed by atoms with van der Waals surface area (Å²) in [6.07, 6.45) is 0. The van der Waals surface area contributed by atoms with Crippen molar-refractivity contribution in [2.24, 2.45) is 0 Å². The van der Waals surface area contributed by atoms with Gasteiger partial charge >= 0.3 is 0 Å². The van der Waals surface area contributed by atoms with Crippen LogP contribution < -0.4 is 10.6 Å². The number of benzene rings is 3. The van der Waals surface area contributed by atoms with Crippen LogP contribution in [0.4, 0.5) is 14.5 Å². The Hall–Kier alpha value is -3.05. The van der Waals surface area contributed by atoms with Crippen molar-refractivity contribution in [1.29, 1.82) is 0 Å². The number of aryl methyl sites for hydroxylation is 1. The highest BCUT2D eigenvalue weighted by Gasteiger charge is 2.20. The monoisotopic (exact) mass is 366 g/mol. The molecule has 3 nitrogen and oxygen atoms in total. The van der Waals surface area contributed by atoms with Crippen molar-refractivity contribution in [2.75, 3.05) is 5.32 Å². The second-order valence-electron chi connectivity index (χ2n) is 6.30. The van der Waals surface area contributed by atoms with E-state index < -0.39 is 6.04 Å². The number of rotatable bonds is 6. The number of anilines is 1. The maximum Gasteiger partial charge on any atom is 0.246 e. The number of carbonyl (C=O) groups excluding carboxylic acids is 1. The third-order valence-electron chi connectivity index (χ3n) is 4.24. The van der Waals surface area contributed by atoms with Crippen LogP contribution in [0.3, 0.4) is 0 Å². The average Bonchev–Trinajstić information content (AvgIpc) is 2.67. The van der Waals surface area contributed by atoms with Gasteiger partial charge in [0.15, 0.2) is 0 Å². The van der Waals surface area contributed by atoms with E-state index in [4.69, 9.17) is 0 Å². The predicted octanol–water partition coefficient (Wildman–Crippen LogP) is 4.74. The Morgan fingerprint density at radius 1 is 0.963 bits per heavy atom. The molecule has 0 bridgehead atoms. The number of carbonyl (C=O) groups is 1. The van der Waals surface area contributed by atoms with Gasteiger partial charge in [-0.2, -0.15) is 0 Å². The smallest absolute Gasteiger partial charge is 0.246 e. The summed E-state index contributed by atoms with van der Waals surface area (Å²) in [4.78, 5) is 12.8. The minimum atomic E-state index is -0.610. The summed E-state index contributed by atoms with van der Waals surface area (Å²) in [5.74, 6) is -0.878. The van der Waals surface area contributed by atoms with Gasteiger partial charge in [-0.15, -0.1) is 0 Å². The zero-order valence-electron chi connectivity index (χ0n) is 14.9. The number of nitrogens with one attached hydrogen (secondary N) is 2. The van der Waals surface area contributed by atoms with Crippen LogP contribution in [-0.2, 0) is 11.3 Å². The van der Waals surface area contributed by atoms with Crippen LogP contribution >= 0.6 is 0 Å². The third kappa shape index (κ3) is 4.99. The Bertz CT molecular complexity index is 911. The molecule has 0 fully saturated rings. The molecule has 27 heavy (non-hydrogen) atoms. The van der Waals surface area contributed by atoms with Gasteiger partial charge in [0.1, 0.15) is 17.7 Å². The van der Waals surface area contributed by atoms with Gasteiger partial charge in [-0.3, -0.25) is 10.1 Å². The fraction of sp³-hybridized carbons (Fsp3) is 0.136. The van der Waals surface area contributed by atoms with E-state index in [-0.39, 0.29) is 17.5 Å². The average molecular weight is 366 g/mol. The molecule has 0 spiro atoms. The summed E-state index contributed by atoms with van der Waals surface area (Å²) in [5, 5.41) is 6.02. The van der Waals surface area contributed by atoms with Gasteiger partial charge in [-0.1, -0.05) is 42.5 Å². The quantitative estimate of drug-likeness (QED) is 0.661. The Kier molecular flexibility index (Phi) is 5.94. The number of hydrogen-bond donors (Lipinski definition) is 2. The maximum absolute atomic E-state index is 13.5. The molecule has 5 heteroatoms. The third-order valence-corrected chi connectivity index (χ3v) is 4.24. The maximum atomic E-state index is 13.5. The Morgan fingerprint density at radius 2 is 1.67 bits per heavy atom. The molecule has 0 radical (unpaired) electrons. The summed E-state index contributed by atoms with van der Waals surface area (Å²) >= 11 is 0. The van der Waals surface area contributed by atoms with E-state index in [2.05, 4.69) is 10.6 Å². The summed E-state index contributed by atoms with van der Waals surface area (Å²) in [6, 6.07) is 19.2. The van der Waals surface area contributed by atoms with Gasteiger partial charge in [-0.05, 0) is 53.9 Å². The molecule has 0 aliphatic rings. The number of hydrogen-bond acceptors (Lipinski definition) is 2. The zero-order valence-corrected chi connectivity index (χ0v) is 14.9. The van der Waals surface area contributed by atoms with E-state index in [9.17, 15) is 13.6 Å². The lowest BCUT2D eigenvalue weighted by Crippen LogP contribution is -2.32. The molecular formula is C22H20F2N2O. The van der Waals surface area contributed by atoms with Crippen LogP contribution in [0.1, 0.15) is 22.7 Å². The molecule has 0 aliphatic carbocycles. The van der Waals surface area contributed by atoms with E-state index in [1.54, 1.807) is 19.1 Å². The first-order valence-electron chi connectivity index (χ1n) is 8.63. The summed E-state index contributed by atoms with van der Waals surface area (Å²) < 4.78 is 26.5. The lowest BCUT2D eigenvalue weighted by atomic mass is 10.0. The van der Waals surface area contributed by atoms with Gasteiger partial charge in [0, 0.05) is 12.2 Å². The summed E-state index contributed by atoms with van der Waals surface area (Å²) in [5.41, 5.74) is 2.75. The van der Waals surface area contributed by atoms with E-state index in [0.717, 1.165) is 11.1 Å². The van der Waals surface area contributed by atoms with E-state index in [1.165, 1.54) is 30.3 Å². The molecule has 0 saturated heterocycles. The fourth-order valence-electron chi connectivity index (χ4n) is 2.79. The highest BCUT2D eigenvalue weighted by molar-refractivity contribution is 5.95. The second kappa shape index (κ2) is 8.56. The molecule has 3 aromatic rings. The van der Waals surface area contributed by atoms with Gasteiger partial charge in [0.25, 0.3) is 0 Å². The van der Waals surface area contributed by atoms with Crippen molar-refractivity contribution in [3.8, 4) is 0 Å². The largest absolute Gasteiger partial charge is 0.324 e. The predicted molar refractivity (Wildman–Crippen MR) is 102 cm³/mol. The van der Waals surface area contributed by atoms with Crippen molar-refractivity contribution >= 4 is 11.6 Å². The topological polar surface area (TPSA) is 41.1 Å². The SMILES string of the molecule is Cc1cc(CNC(C(=O)Nc2ccc(F)cc2)c2ccccc2)ccc1F. The Balaban J connectivity index is 1.77. The van der Waals surface area contributed by atoms with Crippen molar-refractivity contribution in [3.05, 3.63) is 101 Å². The first-order valence-corrected chi connectivity index (χ1v) is 8.63. The first kappa shape index (κ1) is 18.7. The molecule has 1 atom stereocenters. The molecule has 0 aromatic heterocycles. The second-order valence-corrected chi connectivity index (χ2v) is 6.30. The molecule has 0 saturated carbocycles. The molecule has 138 valence electrons. The fourth-order valence-corrected chi connectivity index (χ4v) is 2.79. The molecule has 2 N–H and O–H groups in total. The van der Waals surface area contributed by atoms with E-state index >= 15 is 0 Å². The van der Waals surface area contributed by atoms with Gasteiger partial charge < -0.3 is 5.32 Å². The lowest BCUT2D eigenvalue weighted by Gasteiger charge is -2.19. The summed E-state index contributed by atoms with van der Waals surface area (Å²) in [7, 11) is 0. The van der Waals surface area contributed by atoms with Crippen LogP contribution in [0.15, 0.2) is 72.8 Å². The zero-order chi connectivity index (χ0) is 19.2. The van der Waals surface area contributed by atoms with Crippen molar-refractivity contribution in [1.82, 2.24) is 5.32 Å². The highest BCUT2D eigenvalue weighted by atomic mass is 19.1. The van der Waals surface area contributed by atoms with Crippen LogP contribution in [0, 0.1) is 18.6 Å². The van der Waals surface area contributed by atoms with Crippen molar-refractivity contribution < 1.29 is 13.6 Å². The molecule has 1 unspecified atom stereocenters. The molecule has 0 aliphatic heterocycles. The van der Waals surface area contributed by atoms with Crippen LogP contribution in [-0.4, -0.2) is 5.91 Å². The number of amides is 1. The molecule has 3 rings (SSSR count). The molecule has 0 heterocycles. The lowest BCUT2D eigenvalue weighted by molar-refractivity contribution is -0.118. The molecule has 3 aromatic carbocycles. The van der Waals surface area contributed by atoms with Gasteiger partial charge in [0.05, 0.1) is 0 Å². The molecular weight excluding hydrogens is 346 g/mol.